The predicted molar refractivity (Wildman–Crippen MR) is 102 cm³/mol. The first-order chi connectivity index (χ1) is 12.6. The van der Waals surface area contributed by atoms with E-state index in [2.05, 4.69) is 10.3 Å². The lowest BCUT2D eigenvalue weighted by Gasteiger charge is -2.09. The van der Waals surface area contributed by atoms with Gasteiger partial charge in [0.25, 0.3) is 0 Å². The molecule has 26 heavy (non-hydrogen) atoms. The van der Waals surface area contributed by atoms with Gasteiger partial charge < -0.3 is 10.1 Å². The van der Waals surface area contributed by atoms with Crippen LogP contribution in [0.15, 0.2) is 60.8 Å². The van der Waals surface area contributed by atoms with Crippen LogP contribution in [0.2, 0.25) is 0 Å². The van der Waals surface area contributed by atoms with Crippen molar-refractivity contribution in [2.75, 3.05) is 11.9 Å². The number of nitrogens with one attached hydrogen (secondary N) is 1. The molecule has 0 aliphatic heterocycles. The number of ketones is 1. The summed E-state index contributed by atoms with van der Waals surface area (Å²) in [6.07, 6.45) is 2.69. The lowest BCUT2D eigenvalue weighted by molar-refractivity contribution is -0.116. The zero-order valence-corrected chi connectivity index (χ0v) is 14.6. The van der Waals surface area contributed by atoms with Crippen LogP contribution >= 0.6 is 0 Å². The van der Waals surface area contributed by atoms with Crippen LogP contribution in [0.5, 0.6) is 5.75 Å². The van der Waals surface area contributed by atoms with Gasteiger partial charge in [0.15, 0.2) is 5.78 Å². The predicted octanol–water partition coefficient (Wildman–Crippen LogP) is 4.24. The molecule has 0 unspecified atom stereocenters. The minimum Gasteiger partial charge on any atom is -0.494 e. The minimum absolute atomic E-state index is 0.0249. The summed E-state index contributed by atoms with van der Waals surface area (Å²) in [5.41, 5.74) is 2.27. The van der Waals surface area contributed by atoms with Crippen LogP contribution in [0.3, 0.4) is 0 Å². The molecule has 0 atom stereocenters. The summed E-state index contributed by atoms with van der Waals surface area (Å²) in [5, 5.41) is 3.85. The lowest BCUT2D eigenvalue weighted by Crippen LogP contribution is -2.13. The van der Waals surface area contributed by atoms with Crippen LogP contribution in [0.4, 0.5) is 5.69 Å². The van der Waals surface area contributed by atoms with E-state index < -0.39 is 0 Å². The van der Waals surface area contributed by atoms with Crippen molar-refractivity contribution >= 4 is 28.3 Å². The Morgan fingerprint density at radius 1 is 1.04 bits per heavy atom. The first kappa shape index (κ1) is 17.6. The molecule has 1 amide bonds. The van der Waals surface area contributed by atoms with Gasteiger partial charge in [-0.2, -0.15) is 0 Å². The fourth-order valence-electron chi connectivity index (χ4n) is 2.63. The summed E-state index contributed by atoms with van der Waals surface area (Å²) in [5.74, 6) is 0.657. The zero-order valence-electron chi connectivity index (χ0n) is 14.6. The monoisotopic (exact) mass is 348 g/mol. The summed E-state index contributed by atoms with van der Waals surface area (Å²) in [7, 11) is 0. The van der Waals surface area contributed by atoms with Gasteiger partial charge >= 0.3 is 0 Å². The van der Waals surface area contributed by atoms with E-state index in [9.17, 15) is 9.59 Å². The van der Waals surface area contributed by atoms with E-state index in [4.69, 9.17) is 4.74 Å². The molecule has 3 aromatic rings. The van der Waals surface area contributed by atoms with E-state index in [1.807, 2.05) is 30.3 Å². The maximum Gasteiger partial charge on any atom is 0.224 e. The number of carbonyl (C=O) groups is 2. The number of carbonyl (C=O) groups excluding carboxylic acids is 2. The fourth-order valence-corrected chi connectivity index (χ4v) is 2.63. The largest absolute Gasteiger partial charge is 0.494 e. The van der Waals surface area contributed by atoms with Crippen molar-refractivity contribution in [2.24, 2.45) is 0 Å². The molecule has 132 valence electrons. The molecule has 0 saturated carbocycles. The molecule has 5 nitrogen and oxygen atoms in total. The molecule has 0 saturated heterocycles. The minimum atomic E-state index is -0.0584. The normalized spacial score (nSPS) is 10.5. The Morgan fingerprint density at radius 2 is 1.85 bits per heavy atom. The Labute approximate surface area is 152 Å². The van der Waals surface area contributed by atoms with Gasteiger partial charge in [0.05, 0.1) is 17.8 Å². The first-order valence-electron chi connectivity index (χ1n) is 8.51. The van der Waals surface area contributed by atoms with Gasteiger partial charge in [0.1, 0.15) is 5.75 Å². The van der Waals surface area contributed by atoms with Crippen molar-refractivity contribution in [1.29, 1.82) is 0 Å². The average Bonchev–Trinajstić information content (AvgIpc) is 2.66. The molecule has 5 heteroatoms. The van der Waals surface area contributed by atoms with Gasteiger partial charge in [0.2, 0.25) is 5.91 Å². The van der Waals surface area contributed by atoms with Crippen LogP contribution in [0.25, 0.3) is 10.9 Å². The summed E-state index contributed by atoms with van der Waals surface area (Å²) < 4.78 is 5.61. The number of rotatable bonds is 7. The molecule has 0 radical (unpaired) electrons. The third-order valence-electron chi connectivity index (χ3n) is 4.00. The second-order valence-corrected chi connectivity index (χ2v) is 5.96. The third-order valence-corrected chi connectivity index (χ3v) is 4.00. The number of nitrogens with zero attached hydrogens (tertiary/aromatic N) is 1. The number of hydrogen-bond donors (Lipinski definition) is 1. The van der Waals surface area contributed by atoms with Crippen LogP contribution in [-0.4, -0.2) is 23.3 Å². The molecular weight excluding hydrogens is 328 g/mol. The highest BCUT2D eigenvalue weighted by Crippen LogP contribution is 2.21. The van der Waals surface area contributed by atoms with Crippen molar-refractivity contribution in [1.82, 2.24) is 4.98 Å². The quantitative estimate of drug-likeness (QED) is 0.512. The van der Waals surface area contributed by atoms with Crippen LogP contribution < -0.4 is 10.1 Å². The molecule has 2 aromatic carbocycles. The van der Waals surface area contributed by atoms with Gasteiger partial charge in [0, 0.05) is 23.6 Å². The van der Waals surface area contributed by atoms with Crippen molar-refractivity contribution in [2.45, 2.75) is 19.8 Å². The molecule has 0 aliphatic carbocycles. The van der Waals surface area contributed by atoms with Crippen LogP contribution in [-0.2, 0) is 4.79 Å². The molecular formula is C21H20N2O3. The van der Waals surface area contributed by atoms with E-state index in [1.54, 1.807) is 30.5 Å². The summed E-state index contributed by atoms with van der Waals surface area (Å²) in [4.78, 5) is 27.7. The third kappa shape index (κ3) is 4.45. The number of ether oxygens (including phenoxy) is 1. The highest BCUT2D eigenvalue weighted by Gasteiger charge is 2.06. The second-order valence-electron chi connectivity index (χ2n) is 5.96. The Morgan fingerprint density at radius 3 is 2.62 bits per heavy atom. The summed E-state index contributed by atoms with van der Waals surface area (Å²) >= 11 is 0. The standard InChI is InChI=1S/C21H20N2O3/c1-15(24)16-9-11-17(12-10-16)26-14-4-8-21(25)23-20-7-2-6-19-18(20)5-3-13-22-19/h2-3,5-7,9-13H,4,8,14H2,1H3,(H,23,25). The molecule has 1 aromatic heterocycles. The average molecular weight is 348 g/mol. The lowest BCUT2D eigenvalue weighted by atomic mass is 10.1. The number of anilines is 1. The van der Waals surface area contributed by atoms with Crippen molar-refractivity contribution < 1.29 is 14.3 Å². The number of hydrogen-bond acceptors (Lipinski definition) is 4. The number of Topliss-reactive ketones (excluding diaryl/α,β-unsaturated/α-hetero) is 1. The second kappa shape index (κ2) is 8.25. The molecule has 0 aliphatic rings. The molecule has 0 fully saturated rings. The fraction of sp³-hybridized carbons (Fsp3) is 0.190. The Kier molecular flexibility index (Phi) is 5.59. The topological polar surface area (TPSA) is 68.3 Å². The Bertz CT molecular complexity index is 915. The smallest absolute Gasteiger partial charge is 0.224 e. The molecule has 0 bridgehead atoms. The number of amides is 1. The maximum absolute atomic E-state index is 12.2. The van der Waals surface area contributed by atoms with Gasteiger partial charge in [-0.25, -0.2) is 0 Å². The van der Waals surface area contributed by atoms with Gasteiger partial charge in [-0.1, -0.05) is 6.07 Å². The highest BCUT2D eigenvalue weighted by atomic mass is 16.5. The number of fused-ring (bicyclic) bond motifs is 1. The number of benzene rings is 2. The van der Waals surface area contributed by atoms with Gasteiger partial charge in [-0.05, 0) is 61.9 Å². The molecule has 1 N–H and O–H groups in total. The number of pyridine rings is 1. The van der Waals surface area contributed by atoms with Crippen molar-refractivity contribution in [3.63, 3.8) is 0 Å². The highest BCUT2D eigenvalue weighted by molar-refractivity contribution is 6.00. The maximum atomic E-state index is 12.2. The molecule has 3 rings (SSSR count). The Hall–Kier alpha value is -3.21. The first-order valence-corrected chi connectivity index (χ1v) is 8.51. The van der Waals surface area contributed by atoms with Crippen molar-refractivity contribution in [3.8, 4) is 5.75 Å². The van der Waals surface area contributed by atoms with Gasteiger partial charge in [-0.15, -0.1) is 0 Å². The van der Waals surface area contributed by atoms with Crippen LogP contribution in [0, 0.1) is 0 Å². The summed E-state index contributed by atoms with van der Waals surface area (Å²) in [6.45, 7) is 1.96. The van der Waals surface area contributed by atoms with Crippen LogP contribution in [0.1, 0.15) is 30.1 Å². The van der Waals surface area contributed by atoms with E-state index in [-0.39, 0.29) is 11.7 Å². The van der Waals surface area contributed by atoms with E-state index in [1.165, 1.54) is 6.92 Å². The number of aromatic nitrogens is 1. The molecule has 0 spiro atoms. The van der Waals surface area contributed by atoms with E-state index in [0.29, 0.717) is 30.8 Å². The molecule has 1 heterocycles. The Balaban J connectivity index is 1.47. The summed E-state index contributed by atoms with van der Waals surface area (Å²) in [6, 6.07) is 16.4. The van der Waals surface area contributed by atoms with E-state index >= 15 is 0 Å². The SMILES string of the molecule is CC(=O)c1ccc(OCCCC(=O)Nc2cccc3ncccc23)cc1. The zero-order chi connectivity index (χ0) is 18.4. The van der Waals surface area contributed by atoms with Gasteiger partial charge in [-0.3, -0.25) is 14.6 Å². The van der Waals surface area contributed by atoms with Crippen molar-refractivity contribution in [3.05, 3.63) is 66.4 Å². The van der Waals surface area contributed by atoms with E-state index in [0.717, 1.165) is 16.6 Å².